The molecule has 1 aliphatic rings. The van der Waals surface area contributed by atoms with Crippen LogP contribution >= 0.6 is 15.9 Å². The highest BCUT2D eigenvalue weighted by molar-refractivity contribution is 9.12. The number of aliphatic imine (C=N–C) groups is 1. The van der Waals surface area contributed by atoms with E-state index in [1.807, 2.05) is 0 Å². The van der Waals surface area contributed by atoms with Crippen molar-refractivity contribution < 1.29 is 9.90 Å². The van der Waals surface area contributed by atoms with Gasteiger partial charge in [0.1, 0.15) is 0 Å². The van der Waals surface area contributed by atoms with E-state index in [1.165, 1.54) is 12.3 Å². The van der Waals surface area contributed by atoms with Crippen molar-refractivity contribution in [1.29, 1.82) is 0 Å². The standard InChI is InChI=1S/C6H7BrN2O2/c7-4-1-6(8,5(10)11)3-9-2-4/h1-2H,3,8H2,(H,10,11). The molecule has 0 aromatic carbocycles. The number of nitrogens with zero attached hydrogens (tertiary/aromatic N) is 1. The predicted molar refractivity (Wildman–Crippen MR) is 44.9 cm³/mol. The van der Waals surface area contributed by atoms with Gasteiger partial charge in [0.15, 0.2) is 5.54 Å². The minimum Gasteiger partial charge on any atom is -0.480 e. The van der Waals surface area contributed by atoms with Gasteiger partial charge < -0.3 is 10.8 Å². The molecule has 0 aromatic heterocycles. The second-order valence-electron chi connectivity index (χ2n) is 2.34. The van der Waals surface area contributed by atoms with Crippen molar-refractivity contribution in [3.63, 3.8) is 0 Å². The van der Waals surface area contributed by atoms with Crippen LogP contribution in [0.1, 0.15) is 0 Å². The van der Waals surface area contributed by atoms with Crippen molar-refractivity contribution in [2.45, 2.75) is 5.54 Å². The first-order valence-corrected chi connectivity index (χ1v) is 3.74. The van der Waals surface area contributed by atoms with Crippen molar-refractivity contribution in [1.82, 2.24) is 0 Å². The van der Waals surface area contributed by atoms with Gasteiger partial charge in [-0.3, -0.25) is 4.99 Å². The second kappa shape index (κ2) is 2.75. The number of carboxylic acids is 1. The maximum absolute atomic E-state index is 10.6. The molecule has 4 nitrogen and oxygen atoms in total. The third-order valence-electron chi connectivity index (χ3n) is 1.36. The molecule has 11 heavy (non-hydrogen) atoms. The molecule has 0 fully saturated rings. The molecule has 0 bridgehead atoms. The Hall–Kier alpha value is -0.680. The van der Waals surface area contributed by atoms with Gasteiger partial charge in [-0.2, -0.15) is 0 Å². The molecule has 5 heteroatoms. The quantitative estimate of drug-likeness (QED) is 0.658. The highest BCUT2D eigenvalue weighted by Crippen LogP contribution is 2.15. The zero-order valence-electron chi connectivity index (χ0n) is 5.62. The van der Waals surface area contributed by atoms with Crippen LogP contribution in [0.15, 0.2) is 15.6 Å². The minimum absolute atomic E-state index is 0.0947. The Balaban J connectivity index is 2.92. The average Bonchev–Trinajstić information content (AvgIpc) is 1.86. The highest BCUT2D eigenvalue weighted by atomic mass is 79.9. The Labute approximate surface area is 71.9 Å². The van der Waals surface area contributed by atoms with Crippen LogP contribution in [-0.2, 0) is 4.79 Å². The molecule has 0 radical (unpaired) electrons. The van der Waals surface area contributed by atoms with Crippen LogP contribution in [0.5, 0.6) is 0 Å². The molecular formula is C6H7BrN2O2. The summed E-state index contributed by atoms with van der Waals surface area (Å²) in [6, 6.07) is 0. The molecule has 0 saturated carbocycles. The van der Waals surface area contributed by atoms with Gasteiger partial charge in [-0.15, -0.1) is 0 Å². The van der Waals surface area contributed by atoms with Crippen molar-refractivity contribution in [3.05, 3.63) is 10.6 Å². The van der Waals surface area contributed by atoms with Crippen LogP contribution < -0.4 is 5.73 Å². The van der Waals surface area contributed by atoms with Crippen molar-refractivity contribution in [2.75, 3.05) is 6.54 Å². The summed E-state index contributed by atoms with van der Waals surface area (Å²) in [6.45, 7) is 0.0947. The maximum Gasteiger partial charge on any atom is 0.329 e. The minimum atomic E-state index is -1.34. The highest BCUT2D eigenvalue weighted by Gasteiger charge is 2.32. The molecule has 1 heterocycles. The number of rotatable bonds is 1. The second-order valence-corrected chi connectivity index (χ2v) is 3.26. The van der Waals surface area contributed by atoms with Crippen molar-refractivity contribution >= 4 is 28.1 Å². The Morgan fingerprint density at radius 1 is 1.91 bits per heavy atom. The lowest BCUT2D eigenvalue weighted by Gasteiger charge is -2.20. The fourth-order valence-electron chi connectivity index (χ4n) is 0.742. The lowest BCUT2D eigenvalue weighted by Crippen LogP contribution is -2.50. The number of aliphatic carboxylic acids is 1. The van der Waals surface area contributed by atoms with Crippen LogP contribution in [0.2, 0.25) is 0 Å². The van der Waals surface area contributed by atoms with Gasteiger partial charge in [-0.05, 0) is 22.0 Å². The first kappa shape index (κ1) is 8.42. The monoisotopic (exact) mass is 218 g/mol. The topological polar surface area (TPSA) is 75.7 Å². The maximum atomic E-state index is 10.6. The van der Waals surface area contributed by atoms with Crippen LogP contribution in [0.4, 0.5) is 0 Å². The summed E-state index contributed by atoms with van der Waals surface area (Å²) in [6.07, 6.45) is 2.97. The van der Waals surface area contributed by atoms with E-state index in [2.05, 4.69) is 20.9 Å². The van der Waals surface area contributed by atoms with E-state index in [9.17, 15) is 4.79 Å². The summed E-state index contributed by atoms with van der Waals surface area (Å²) in [5.74, 6) is -1.06. The average molecular weight is 219 g/mol. The van der Waals surface area contributed by atoms with E-state index in [1.54, 1.807) is 0 Å². The predicted octanol–water partition coefficient (Wildman–Crippen LogP) is 0.132. The number of carbonyl (C=O) groups is 1. The SMILES string of the molecule is NC1(C(=O)O)C=C(Br)C=NC1. The van der Waals surface area contributed by atoms with Gasteiger partial charge in [-0.1, -0.05) is 0 Å². The van der Waals surface area contributed by atoms with E-state index >= 15 is 0 Å². The van der Waals surface area contributed by atoms with E-state index in [-0.39, 0.29) is 6.54 Å². The molecule has 3 N–H and O–H groups in total. The lowest BCUT2D eigenvalue weighted by atomic mass is 10.00. The summed E-state index contributed by atoms with van der Waals surface area (Å²) in [5.41, 5.74) is 4.13. The van der Waals surface area contributed by atoms with E-state index in [0.29, 0.717) is 4.48 Å². The van der Waals surface area contributed by atoms with Crippen LogP contribution in [0.3, 0.4) is 0 Å². The molecule has 0 aliphatic carbocycles. The Kier molecular flexibility index (Phi) is 2.10. The zero-order valence-corrected chi connectivity index (χ0v) is 7.21. The molecule has 1 aliphatic heterocycles. The van der Waals surface area contributed by atoms with Gasteiger partial charge >= 0.3 is 5.97 Å². The molecule has 1 rings (SSSR count). The first-order chi connectivity index (χ1) is 5.04. The molecule has 60 valence electrons. The number of hydrogen-bond donors (Lipinski definition) is 2. The van der Waals surface area contributed by atoms with Crippen LogP contribution in [-0.4, -0.2) is 29.4 Å². The fourth-order valence-corrected chi connectivity index (χ4v) is 1.30. The Morgan fingerprint density at radius 3 is 2.91 bits per heavy atom. The van der Waals surface area contributed by atoms with E-state index in [0.717, 1.165) is 0 Å². The summed E-state index contributed by atoms with van der Waals surface area (Å²) < 4.78 is 0.605. The number of nitrogens with two attached hydrogens (primary N) is 1. The molecule has 0 saturated heterocycles. The molecular weight excluding hydrogens is 212 g/mol. The number of halogens is 1. The number of hydrogen-bond acceptors (Lipinski definition) is 3. The Bertz CT molecular complexity index is 249. The number of carboxylic acid groups (broad SMARTS) is 1. The van der Waals surface area contributed by atoms with Gasteiger partial charge in [0.2, 0.25) is 0 Å². The lowest BCUT2D eigenvalue weighted by molar-refractivity contribution is -0.141. The number of dihydropyridines is 1. The summed E-state index contributed by atoms with van der Waals surface area (Å²) >= 11 is 3.10. The first-order valence-electron chi connectivity index (χ1n) is 2.95. The van der Waals surface area contributed by atoms with Gasteiger partial charge in [0.05, 0.1) is 6.54 Å². The normalized spacial score (nSPS) is 29.8. The van der Waals surface area contributed by atoms with Crippen LogP contribution in [0.25, 0.3) is 0 Å². The Morgan fingerprint density at radius 2 is 2.55 bits per heavy atom. The largest absolute Gasteiger partial charge is 0.480 e. The third kappa shape index (κ3) is 1.66. The molecule has 1 unspecified atom stereocenters. The summed E-state index contributed by atoms with van der Waals surface area (Å²) in [4.78, 5) is 14.3. The number of allylic oxidation sites excluding steroid dienone is 1. The van der Waals surface area contributed by atoms with Crippen molar-refractivity contribution in [3.8, 4) is 0 Å². The fraction of sp³-hybridized carbons (Fsp3) is 0.333. The third-order valence-corrected chi connectivity index (χ3v) is 1.79. The zero-order chi connectivity index (χ0) is 8.48. The van der Waals surface area contributed by atoms with Gasteiger partial charge in [0.25, 0.3) is 0 Å². The van der Waals surface area contributed by atoms with Gasteiger partial charge in [0, 0.05) is 10.7 Å². The van der Waals surface area contributed by atoms with E-state index in [4.69, 9.17) is 10.8 Å². The van der Waals surface area contributed by atoms with Gasteiger partial charge in [-0.25, -0.2) is 4.79 Å². The molecule has 0 aromatic rings. The van der Waals surface area contributed by atoms with Crippen molar-refractivity contribution in [2.24, 2.45) is 10.7 Å². The summed E-state index contributed by atoms with van der Waals surface area (Å²) in [7, 11) is 0. The molecule has 0 amide bonds. The smallest absolute Gasteiger partial charge is 0.329 e. The molecule has 1 atom stereocenters. The van der Waals surface area contributed by atoms with E-state index < -0.39 is 11.5 Å². The van der Waals surface area contributed by atoms with Crippen LogP contribution in [0, 0.1) is 0 Å². The molecule has 0 spiro atoms. The summed E-state index contributed by atoms with van der Waals surface area (Å²) in [5, 5.41) is 8.65.